The molecule has 1 saturated carbocycles. The summed E-state index contributed by atoms with van der Waals surface area (Å²) in [6.07, 6.45) is 5.99. The van der Waals surface area contributed by atoms with E-state index in [4.69, 9.17) is 9.84 Å². The van der Waals surface area contributed by atoms with Gasteiger partial charge in [0.2, 0.25) is 0 Å². The van der Waals surface area contributed by atoms with Crippen molar-refractivity contribution >= 4 is 5.97 Å². The van der Waals surface area contributed by atoms with Gasteiger partial charge < -0.3 is 9.84 Å². The molecule has 94 valence electrons. The zero-order valence-electron chi connectivity index (χ0n) is 10.3. The maximum Gasteiger partial charge on any atom is 0.322 e. The lowest BCUT2D eigenvalue weighted by Crippen LogP contribution is -2.48. The maximum atomic E-state index is 11.5. The highest BCUT2D eigenvalue weighted by molar-refractivity contribution is 5.75. The molecule has 4 nitrogen and oxygen atoms in total. The quantitative estimate of drug-likeness (QED) is 0.719. The van der Waals surface area contributed by atoms with E-state index in [0.29, 0.717) is 12.6 Å². The first-order chi connectivity index (χ1) is 7.70. The average molecular weight is 229 g/mol. The first kappa shape index (κ1) is 13.5. The van der Waals surface area contributed by atoms with Crippen molar-refractivity contribution < 1.29 is 14.6 Å². The van der Waals surface area contributed by atoms with Crippen LogP contribution in [0.15, 0.2) is 0 Å². The number of ether oxygens (including phenoxy) is 1. The van der Waals surface area contributed by atoms with Gasteiger partial charge in [-0.15, -0.1) is 0 Å². The second-order valence-corrected chi connectivity index (χ2v) is 4.45. The number of aliphatic hydroxyl groups excluding tert-OH is 1. The normalized spacial score (nSPS) is 19.8. The van der Waals surface area contributed by atoms with Crippen molar-refractivity contribution in [1.82, 2.24) is 4.90 Å². The van der Waals surface area contributed by atoms with E-state index in [-0.39, 0.29) is 18.6 Å². The topological polar surface area (TPSA) is 49.8 Å². The highest BCUT2D eigenvalue weighted by atomic mass is 16.5. The van der Waals surface area contributed by atoms with Gasteiger partial charge in [-0.3, -0.25) is 9.69 Å². The number of hydrogen-bond acceptors (Lipinski definition) is 4. The number of carbonyl (C=O) groups is 1. The van der Waals surface area contributed by atoms with Crippen LogP contribution in [-0.4, -0.2) is 48.3 Å². The molecule has 0 amide bonds. The van der Waals surface area contributed by atoms with Gasteiger partial charge in [-0.2, -0.15) is 0 Å². The third-order valence-electron chi connectivity index (χ3n) is 3.44. The minimum absolute atomic E-state index is 0.0951. The molecule has 1 fully saturated rings. The number of aliphatic hydroxyl groups is 1. The van der Waals surface area contributed by atoms with Crippen LogP contribution in [0.5, 0.6) is 0 Å². The number of nitrogens with zero attached hydrogens (tertiary/aromatic N) is 1. The van der Waals surface area contributed by atoms with Crippen molar-refractivity contribution in [3.05, 3.63) is 0 Å². The van der Waals surface area contributed by atoms with Crippen LogP contribution in [0.4, 0.5) is 0 Å². The van der Waals surface area contributed by atoms with E-state index in [1.807, 2.05) is 6.92 Å². The van der Waals surface area contributed by atoms with Crippen LogP contribution in [0.1, 0.15) is 39.0 Å². The van der Waals surface area contributed by atoms with E-state index in [0.717, 1.165) is 12.8 Å². The van der Waals surface area contributed by atoms with Crippen LogP contribution in [0, 0.1) is 0 Å². The Morgan fingerprint density at radius 2 is 2.06 bits per heavy atom. The molecule has 0 saturated heterocycles. The van der Waals surface area contributed by atoms with Gasteiger partial charge in [-0.25, -0.2) is 0 Å². The Hall–Kier alpha value is -0.610. The Labute approximate surface area is 97.6 Å². The highest BCUT2D eigenvalue weighted by Crippen LogP contribution is 2.24. The summed E-state index contributed by atoms with van der Waals surface area (Å²) in [6, 6.07) is 0.176. The first-order valence-electron chi connectivity index (χ1n) is 6.15. The lowest BCUT2D eigenvalue weighted by Gasteiger charge is -2.36. The van der Waals surface area contributed by atoms with E-state index >= 15 is 0 Å². The van der Waals surface area contributed by atoms with Gasteiger partial charge in [0.25, 0.3) is 0 Å². The van der Waals surface area contributed by atoms with Crippen LogP contribution in [-0.2, 0) is 9.53 Å². The van der Waals surface area contributed by atoms with E-state index < -0.39 is 0 Å². The van der Waals surface area contributed by atoms with E-state index in [2.05, 4.69) is 4.90 Å². The van der Waals surface area contributed by atoms with Crippen LogP contribution < -0.4 is 0 Å². The standard InChI is InChI=1S/C12H23NO3/c1-10(12(15)16-2)13(8-9-14)11-6-4-3-5-7-11/h10-11,14H,3-9H2,1-2H3. The van der Waals surface area contributed by atoms with Crippen molar-refractivity contribution in [2.45, 2.75) is 51.1 Å². The Kier molecular flexibility index (Phi) is 5.77. The largest absolute Gasteiger partial charge is 0.468 e. The zero-order valence-corrected chi connectivity index (χ0v) is 10.3. The molecule has 1 unspecified atom stereocenters. The zero-order chi connectivity index (χ0) is 12.0. The summed E-state index contributed by atoms with van der Waals surface area (Å²) in [4.78, 5) is 13.6. The van der Waals surface area contributed by atoms with E-state index in [1.54, 1.807) is 0 Å². The average Bonchev–Trinajstić information content (AvgIpc) is 2.35. The lowest BCUT2D eigenvalue weighted by molar-refractivity contribution is -0.147. The molecule has 1 N–H and O–H groups in total. The molecule has 0 aliphatic heterocycles. The van der Waals surface area contributed by atoms with Crippen LogP contribution in [0.25, 0.3) is 0 Å². The molecular weight excluding hydrogens is 206 g/mol. The van der Waals surface area contributed by atoms with E-state index in [1.165, 1.54) is 26.4 Å². The molecule has 1 aliphatic carbocycles. The van der Waals surface area contributed by atoms with Crippen LogP contribution in [0.2, 0.25) is 0 Å². The predicted molar refractivity (Wildman–Crippen MR) is 62.1 cm³/mol. The maximum absolute atomic E-state index is 11.5. The molecule has 0 aromatic carbocycles. The summed E-state index contributed by atoms with van der Waals surface area (Å²) in [5.74, 6) is -0.209. The molecule has 0 aromatic rings. The minimum Gasteiger partial charge on any atom is -0.468 e. The van der Waals surface area contributed by atoms with Crippen molar-refractivity contribution in [2.75, 3.05) is 20.3 Å². The van der Waals surface area contributed by atoms with Crippen molar-refractivity contribution in [3.8, 4) is 0 Å². The fourth-order valence-electron chi connectivity index (χ4n) is 2.53. The smallest absolute Gasteiger partial charge is 0.322 e. The van der Waals surface area contributed by atoms with Gasteiger partial charge in [0, 0.05) is 12.6 Å². The minimum atomic E-state index is -0.250. The fourth-order valence-corrected chi connectivity index (χ4v) is 2.53. The van der Waals surface area contributed by atoms with Crippen LogP contribution >= 0.6 is 0 Å². The first-order valence-corrected chi connectivity index (χ1v) is 6.15. The van der Waals surface area contributed by atoms with Crippen molar-refractivity contribution in [2.24, 2.45) is 0 Å². The molecule has 4 heteroatoms. The number of esters is 1. The summed E-state index contributed by atoms with van der Waals surface area (Å²) in [6.45, 7) is 2.51. The van der Waals surface area contributed by atoms with Gasteiger partial charge in [-0.05, 0) is 19.8 Å². The molecule has 0 bridgehead atoms. The number of hydrogen-bond donors (Lipinski definition) is 1. The second-order valence-electron chi connectivity index (χ2n) is 4.45. The molecule has 0 heterocycles. The van der Waals surface area contributed by atoms with Gasteiger partial charge >= 0.3 is 5.97 Å². The fraction of sp³-hybridized carbons (Fsp3) is 0.917. The number of methoxy groups -OCH3 is 1. The molecule has 0 aromatic heterocycles. The lowest BCUT2D eigenvalue weighted by atomic mass is 9.93. The Morgan fingerprint density at radius 3 is 2.56 bits per heavy atom. The molecule has 16 heavy (non-hydrogen) atoms. The molecule has 0 spiro atoms. The monoisotopic (exact) mass is 229 g/mol. The molecule has 1 aliphatic rings. The summed E-state index contributed by atoms with van der Waals surface area (Å²) < 4.78 is 4.77. The third kappa shape index (κ3) is 3.46. The number of rotatable bonds is 5. The second kappa shape index (κ2) is 6.86. The SMILES string of the molecule is COC(=O)C(C)N(CCO)C1CCCCC1. The summed E-state index contributed by atoms with van der Waals surface area (Å²) in [5.41, 5.74) is 0. The van der Waals surface area contributed by atoms with Gasteiger partial charge in [0.05, 0.1) is 13.7 Å². The van der Waals surface area contributed by atoms with Gasteiger partial charge in [0.1, 0.15) is 6.04 Å². The Bertz CT molecular complexity index is 214. The van der Waals surface area contributed by atoms with Gasteiger partial charge in [-0.1, -0.05) is 19.3 Å². The molecular formula is C12H23NO3. The molecule has 0 radical (unpaired) electrons. The van der Waals surface area contributed by atoms with Gasteiger partial charge in [0.15, 0.2) is 0 Å². The van der Waals surface area contributed by atoms with Crippen molar-refractivity contribution in [1.29, 1.82) is 0 Å². The number of carbonyl (C=O) groups excluding carboxylic acids is 1. The highest BCUT2D eigenvalue weighted by Gasteiger charge is 2.29. The summed E-state index contributed by atoms with van der Waals surface area (Å²) >= 11 is 0. The Morgan fingerprint density at radius 1 is 1.44 bits per heavy atom. The summed E-state index contributed by atoms with van der Waals surface area (Å²) in [7, 11) is 1.41. The van der Waals surface area contributed by atoms with E-state index in [9.17, 15) is 4.79 Å². The predicted octanol–water partition coefficient (Wildman–Crippen LogP) is 1.17. The van der Waals surface area contributed by atoms with Crippen LogP contribution in [0.3, 0.4) is 0 Å². The van der Waals surface area contributed by atoms with Crippen molar-refractivity contribution in [3.63, 3.8) is 0 Å². The molecule has 1 atom stereocenters. The molecule has 1 rings (SSSR count). The summed E-state index contributed by atoms with van der Waals surface area (Å²) in [5, 5.41) is 9.08. The Balaban J connectivity index is 2.60. The third-order valence-corrected chi connectivity index (χ3v) is 3.44.